The zero-order valence-corrected chi connectivity index (χ0v) is 11.5. The quantitative estimate of drug-likeness (QED) is 0.901. The second kappa shape index (κ2) is 5.47. The summed E-state index contributed by atoms with van der Waals surface area (Å²) in [6.45, 7) is 4.05. The molecule has 2 nitrogen and oxygen atoms in total. The second-order valence-electron chi connectivity index (χ2n) is 4.07. The maximum Gasteiger partial charge on any atom is 0.261 e. The molecule has 0 aliphatic heterocycles. The fourth-order valence-corrected chi connectivity index (χ4v) is 3.24. The molecule has 17 heavy (non-hydrogen) atoms. The molecule has 0 radical (unpaired) electrons. The Balaban J connectivity index is 1.90. The van der Waals surface area contributed by atoms with Crippen LogP contribution in [0, 0.1) is 6.92 Å². The van der Waals surface area contributed by atoms with E-state index in [1.54, 1.807) is 11.3 Å². The molecule has 1 N–H and O–H groups in total. The summed E-state index contributed by atoms with van der Waals surface area (Å²) in [4.78, 5) is 15.2. The van der Waals surface area contributed by atoms with Gasteiger partial charge in [0.2, 0.25) is 0 Å². The highest BCUT2D eigenvalue weighted by Crippen LogP contribution is 2.16. The molecule has 0 fully saturated rings. The molecule has 2 rings (SSSR count). The molecule has 0 saturated carbocycles. The van der Waals surface area contributed by atoms with E-state index < -0.39 is 0 Å². The van der Waals surface area contributed by atoms with Gasteiger partial charge in [-0.1, -0.05) is 6.07 Å². The van der Waals surface area contributed by atoms with Crippen LogP contribution in [0.5, 0.6) is 0 Å². The van der Waals surface area contributed by atoms with Crippen molar-refractivity contribution in [2.45, 2.75) is 26.3 Å². The maximum atomic E-state index is 11.9. The third-order valence-electron chi connectivity index (χ3n) is 2.43. The van der Waals surface area contributed by atoms with Gasteiger partial charge in [-0.15, -0.1) is 22.7 Å². The number of nitrogens with one attached hydrogen (secondary N) is 1. The number of rotatable bonds is 4. The molecule has 90 valence electrons. The van der Waals surface area contributed by atoms with Crippen LogP contribution in [-0.4, -0.2) is 11.9 Å². The molecular weight excluding hydrogens is 250 g/mol. The molecule has 0 aliphatic carbocycles. The first kappa shape index (κ1) is 12.3. The van der Waals surface area contributed by atoms with Gasteiger partial charge in [0, 0.05) is 22.2 Å². The highest BCUT2D eigenvalue weighted by molar-refractivity contribution is 7.14. The van der Waals surface area contributed by atoms with Crippen LogP contribution in [0.15, 0.2) is 29.6 Å². The standard InChI is InChI=1S/C13H15NOS2/c1-9(8-11-4-3-7-16-11)14-13(15)12-6-5-10(2)17-12/h3-7,9H,8H2,1-2H3,(H,14,15). The van der Waals surface area contributed by atoms with E-state index in [1.165, 1.54) is 21.1 Å². The molecule has 4 heteroatoms. The van der Waals surface area contributed by atoms with E-state index in [1.807, 2.05) is 32.0 Å². The summed E-state index contributed by atoms with van der Waals surface area (Å²) in [5.41, 5.74) is 0. The van der Waals surface area contributed by atoms with Crippen molar-refractivity contribution in [1.29, 1.82) is 0 Å². The molecule has 0 aliphatic rings. The Morgan fingerprint density at radius 3 is 2.82 bits per heavy atom. The predicted octanol–water partition coefficient (Wildman–Crippen LogP) is 3.48. The zero-order valence-electron chi connectivity index (χ0n) is 9.90. The Morgan fingerprint density at radius 2 is 2.24 bits per heavy atom. The van der Waals surface area contributed by atoms with Crippen molar-refractivity contribution in [3.63, 3.8) is 0 Å². The average molecular weight is 265 g/mol. The zero-order chi connectivity index (χ0) is 12.3. The van der Waals surface area contributed by atoms with Crippen molar-refractivity contribution in [2.75, 3.05) is 0 Å². The summed E-state index contributed by atoms with van der Waals surface area (Å²) in [7, 11) is 0. The van der Waals surface area contributed by atoms with E-state index in [2.05, 4.69) is 16.8 Å². The number of hydrogen-bond acceptors (Lipinski definition) is 3. The second-order valence-corrected chi connectivity index (χ2v) is 6.39. The summed E-state index contributed by atoms with van der Waals surface area (Å²) in [6, 6.07) is 8.17. The molecule has 0 bridgehead atoms. The molecule has 1 atom stereocenters. The number of amides is 1. The van der Waals surface area contributed by atoms with Crippen molar-refractivity contribution in [3.05, 3.63) is 44.3 Å². The maximum absolute atomic E-state index is 11.9. The van der Waals surface area contributed by atoms with Gasteiger partial charge < -0.3 is 5.32 Å². The third kappa shape index (κ3) is 3.41. The van der Waals surface area contributed by atoms with Gasteiger partial charge in [0.1, 0.15) is 0 Å². The van der Waals surface area contributed by atoms with Crippen LogP contribution < -0.4 is 5.32 Å². The number of aryl methyl sites for hydroxylation is 1. The molecule has 1 amide bonds. The highest BCUT2D eigenvalue weighted by atomic mass is 32.1. The average Bonchev–Trinajstić information content (AvgIpc) is 2.89. The van der Waals surface area contributed by atoms with E-state index in [-0.39, 0.29) is 11.9 Å². The first-order chi connectivity index (χ1) is 8.15. The monoisotopic (exact) mass is 265 g/mol. The fourth-order valence-electron chi connectivity index (χ4n) is 1.63. The third-order valence-corrected chi connectivity index (χ3v) is 4.33. The Kier molecular flexibility index (Phi) is 3.97. The molecular formula is C13H15NOS2. The van der Waals surface area contributed by atoms with Gasteiger partial charge in [-0.3, -0.25) is 4.79 Å². The van der Waals surface area contributed by atoms with E-state index in [4.69, 9.17) is 0 Å². The van der Waals surface area contributed by atoms with Crippen LogP contribution in [0.25, 0.3) is 0 Å². The highest BCUT2D eigenvalue weighted by Gasteiger charge is 2.12. The molecule has 0 aromatic carbocycles. The van der Waals surface area contributed by atoms with Gasteiger partial charge in [0.05, 0.1) is 4.88 Å². The Hall–Kier alpha value is -1.13. The van der Waals surface area contributed by atoms with Gasteiger partial charge in [0.15, 0.2) is 0 Å². The lowest BCUT2D eigenvalue weighted by Crippen LogP contribution is -2.33. The van der Waals surface area contributed by atoms with Crippen LogP contribution in [0.1, 0.15) is 26.3 Å². The van der Waals surface area contributed by atoms with Crippen molar-refractivity contribution >= 4 is 28.6 Å². The van der Waals surface area contributed by atoms with Crippen molar-refractivity contribution in [1.82, 2.24) is 5.32 Å². The number of thiophene rings is 2. The van der Waals surface area contributed by atoms with Crippen molar-refractivity contribution < 1.29 is 4.79 Å². The van der Waals surface area contributed by atoms with Gasteiger partial charge in [0.25, 0.3) is 5.91 Å². The summed E-state index contributed by atoms with van der Waals surface area (Å²) >= 11 is 3.27. The van der Waals surface area contributed by atoms with Gasteiger partial charge in [-0.25, -0.2) is 0 Å². The van der Waals surface area contributed by atoms with E-state index in [0.717, 1.165) is 11.3 Å². The van der Waals surface area contributed by atoms with Crippen LogP contribution in [0.2, 0.25) is 0 Å². The molecule has 0 saturated heterocycles. The fraction of sp³-hybridized carbons (Fsp3) is 0.308. The van der Waals surface area contributed by atoms with Crippen LogP contribution in [0.4, 0.5) is 0 Å². The number of carbonyl (C=O) groups excluding carboxylic acids is 1. The minimum atomic E-state index is 0.0344. The molecule has 2 aromatic rings. The van der Waals surface area contributed by atoms with Crippen LogP contribution in [-0.2, 0) is 6.42 Å². The lowest BCUT2D eigenvalue weighted by Gasteiger charge is -2.11. The Bertz CT molecular complexity index is 487. The summed E-state index contributed by atoms with van der Waals surface area (Å²) < 4.78 is 0. The summed E-state index contributed by atoms with van der Waals surface area (Å²) in [6.07, 6.45) is 0.897. The number of carbonyl (C=O) groups is 1. The minimum Gasteiger partial charge on any atom is -0.349 e. The van der Waals surface area contributed by atoms with E-state index in [9.17, 15) is 4.79 Å². The number of hydrogen-bond donors (Lipinski definition) is 1. The SMILES string of the molecule is Cc1ccc(C(=O)NC(C)Cc2cccs2)s1. The first-order valence-electron chi connectivity index (χ1n) is 5.55. The van der Waals surface area contributed by atoms with Crippen molar-refractivity contribution in [3.8, 4) is 0 Å². The van der Waals surface area contributed by atoms with Crippen molar-refractivity contribution in [2.24, 2.45) is 0 Å². The smallest absolute Gasteiger partial charge is 0.261 e. The molecule has 1 unspecified atom stereocenters. The molecule has 2 aromatic heterocycles. The van der Waals surface area contributed by atoms with E-state index in [0.29, 0.717) is 0 Å². The van der Waals surface area contributed by atoms with E-state index >= 15 is 0 Å². The Morgan fingerprint density at radius 1 is 1.41 bits per heavy atom. The van der Waals surface area contributed by atoms with Gasteiger partial charge in [-0.05, 0) is 37.4 Å². The van der Waals surface area contributed by atoms with Crippen LogP contribution >= 0.6 is 22.7 Å². The molecule has 0 spiro atoms. The van der Waals surface area contributed by atoms with Gasteiger partial charge >= 0.3 is 0 Å². The minimum absolute atomic E-state index is 0.0344. The lowest BCUT2D eigenvalue weighted by molar-refractivity contribution is 0.0944. The van der Waals surface area contributed by atoms with Gasteiger partial charge in [-0.2, -0.15) is 0 Å². The largest absolute Gasteiger partial charge is 0.349 e. The lowest BCUT2D eigenvalue weighted by atomic mass is 10.2. The summed E-state index contributed by atoms with van der Waals surface area (Å²) in [5, 5.41) is 5.09. The first-order valence-corrected chi connectivity index (χ1v) is 7.24. The summed E-state index contributed by atoms with van der Waals surface area (Å²) in [5.74, 6) is 0.0344. The van der Waals surface area contributed by atoms with Crippen LogP contribution in [0.3, 0.4) is 0 Å². The topological polar surface area (TPSA) is 29.1 Å². The Labute approximate surface area is 109 Å². The molecule has 2 heterocycles. The normalized spacial score (nSPS) is 12.4. The predicted molar refractivity (Wildman–Crippen MR) is 74.0 cm³/mol.